The number of ether oxygens (including phenoxy) is 2. The highest BCUT2D eigenvalue weighted by molar-refractivity contribution is 5.44. The number of nitrogen functional groups attached to an aromatic ring is 2. The summed E-state index contributed by atoms with van der Waals surface area (Å²) in [4.78, 5) is 0. The van der Waals surface area contributed by atoms with E-state index in [9.17, 15) is 0 Å². The zero-order valence-corrected chi connectivity index (χ0v) is 12.6. The maximum absolute atomic E-state index is 6.00. The molecule has 1 aliphatic carbocycles. The number of rotatable bonds is 5. The van der Waals surface area contributed by atoms with Crippen LogP contribution in [-0.4, -0.2) is 12.7 Å². The van der Waals surface area contributed by atoms with Crippen LogP contribution in [0.15, 0.2) is 48.5 Å². The van der Waals surface area contributed by atoms with Crippen LogP contribution in [0.5, 0.6) is 11.5 Å². The molecule has 0 saturated heterocycles. The summed E-state index contributed by atoms with van der Waals surface area (Å²) in [6.45, 7) is 0.709. The molecule has 4 N–H and O–H groups in total. The Hall–Kier alpha value is -2.36. The van der Waals surface area contributed by atoms with E-state index < -0.39 is 0 Å². The van der Waals surface area contributed by atoms with E-state index in [0.717, 1.165) is 42.1 Å². The molecular weight excluding hydrogens is 276 g/mol. The summed E-state index contributed by atoms with van der Waals surface area (Å²) in [7, 11) is 0. The van der Waals surface area contributed by atoms with Gasteiger partial charge in [-0.25, -0.2) is 0 Å². The molecule has 0 amide bonds. The molecule has 4 heteroatoms. The van der Waals surface area contributed by atoms with Crippen LogP contribution >= 0.6 is 0 Å². The Kier molecular flexibility index (Phi) is 4.37. The predicted octanol–water partition coefficient (Wildman–Crippen LogP) is 3.48. The van der Waals surface area contributed by atoms with E-state index in [0.29, 0.717) is 12.5 Å². The Morgan fingerprint density at radius 2 is 1.59 bits per heavy atom. The quantitative estimate of drug-likeness (QED) is 0.829. The average molecular weight is 298 g/mol. The van der Waals surface area contributed by atoms with Crippen molar-refractivity contribution in [1.29, 1.82) is 0 Å². The molecule has 22 heavy (non-hydrogen) atoms. The lowest BCUT2D eigenvalue weighted by molar-refractivity contribution is 0.190. The van der Waals surface area contributed by atoms with E-state index in [1.54, 1.807) is 0 Å². The first-order chi connectivity index (χ1) is 10.7. The van der Waals surface area contributed by atoms with Crippen LogP contribution in [-0.2, 0) is 0 Å². The zero-order valence-electron chi connectivity index (χ0n) is 12.6. The van der Waals surface area contributed by atoms with Gasteiger partial charge in [-0.15, -0.1) is 0 Å². The lowest BCUT2D eigenvalue weighted by Gasteiger charge is -2.15. The molecule has 0 aliphatic heterocycles. The monoisotopic (exact) mass is 298 g/mol. The van der Waals surface area contributed by atoms with Crippen LogP contribution in [0, 0.1) is 5.92 Å². The van der Waals surface area contributed by atoms with E-state index in [2.05, 4.69) is 0 Å². The summed E-state index contributed by atoms with van der Waals surface area (Å²) in [6, 6.07) is 15.2. The van der Waals surface area contributed by atoms with Crippen LogP contribution in [0.2, 0.25) is 0 Å². The molecule has 1 fully saturated rings. The van der Waals surface area contributed by atoms with Crippen molar-refractivity contribution in [2.24, 2.45) is 5.92 Å². The first kappa shape index (κ1) is 14.6. The van der Waals surface area contributed by atoms with Crippen LogP contribution in [0.4, 0.5) is 11.4 Å². The van der Waals surface area contributed by atoms with Crippen LogP contribution in [0.1, 0.15) is 19.3 Å². The molecule has 116 valence electrons. The summed E-state index contributed by atoms with van der Waals surface area (Å²) in [5, 5.41) is 0. The number of nitrogens with two attached hydrogens (primary N) is 2. The maximum Gasteiger partial charge on any atom is 0.121 e. The van der Waals surface area contributed by atoms with Gasteiger partial charge >= 0.3 is 0 Å². The highest BCUT2D eigenvalue weighted by Gasteiger charge is 2.26. The summed E-state index contributed by atoms with van der Waals surface area (Å²) >= 11 is 0. The molecule has 4 nitrogen and oxygen atoms in total. The number of hydrogen-bond acceptors (Lipinski definition) is 4. The van der Waals surface area contributed by atoms with Crippen LogP contribution < -0.4 is 20.9 Å². The molecule has 3 rings (SSSR count). The SMILES string of the molecule is Nc1cccc(OC[C@H]2CC[C@H](Oc3cccc(N)c3)C2)c1. The van der Waals surface area contributed by atoms with Gasteiger partial charge in [0.25, 0.3) is 0 Å². The topological polar surface area (TPSA) is 70.5 Å². The minimum atomic E-state index is 0.247. The normalized spacial score (nSPS) is 20.7. The van der Waals surface area contributed by atoms with E-state index >= 15 is 0 Å². The Balaban J connectivity index is 1.48. The van der Waals surface area contributed by atoms with Crippen molar-refractivity contribution in [3.05, 3.63) is 48.5 Å². The van der Waals surface area contributed by atoms with Gasteiger partial charge in [0.1, 0.15) is 11.5 Å². The van der Waals surface area contributed by atoms with Crippen molar-refractivity contribution < 1.29 is 9.47 Å². The highest BCUT2D eigenvalue weighted by atomic mass is 16.5. The van der Waals surface area contributed by atoms with Gasteiger partial charge in [0.05, 0.1) is 12.7 Å². The van der Waals surface area contributed by atoms with Crippen LogP contribution in [0.25, 0.3) is 0 Å². The van der Waals surface area contributed by atoms with E-state index in [-0.39, 0.29) is 6.10 Å². The minimum Gasteiger partial charge on any atom is -0.493 e. The smallest absolute Gasteiger partial charge is 0.121 e. The Bertz CT molecular complexity index is 630. The third kappa shape index (κ3) is 3.85. The van der Waals surface area contributed by atoms with Gasteiger partial charge in [0, 0.05) is 23.5 Å². The van der Waals surface area contributed by atoms with Crippen molar-refractivity contribution in [3.63, 3.8) is 0 Å². The lowest BCUT2D eigenvalue weighted by Crippen LogP contribution is -2.15. The second kappa shape index (κ2) is 6.60. The van der Waals surface area contributed by atoms with Crippen molar-refractivity contribution in [1.82, 2.24) is 0 Å². The fourth-order valence-electron chi connectivity index (χ4n) is 2.89. The molecule has 0 bridgehead atoms. The summed E-state index contributed by atoms with van der Waals surface area (Å²) in [6.07, 6.45) is 3.43. The second-order valence-electron chi connectivity index (χ2n) is 5.87. The maximum atomic E-state index is 6.00. The first-order valence-electron chi connectivity index (χ1n) is 7.69. The Morgan fingerprint density at radius 1 is 0.909 bits per heavy atom. The molecule has 0 spiro atoms. The largest absolute Gasteiger partial charge is 0.493 e. The molecule has 2 aromatic carbocycles. The molecule has 1 saturated carbocycles. The number of hydrogen-bond donors (Lipinski definition) is 2. The predicted molar refractivity (Wildman–Crippen MR) is 89.0 cm³/mol. The van der Waals surface area contributed by atoms with Crippen molar-refractivity contribution >= 4 is 11.4 Å². The Labute approximate surface area is 131 Å². The van der Waals surface area contributed by atoms with Gasteiger partial charge < -0.3 is 20.9 Å². The van der Waals surface area contributed by atoms with E-state index in [4.69, 9.17) is 20.9 Å². The highest BCUT2D eigenvalue weighted by Crippen LogP contribution is 2.30. The third-order valence-electron chi connectivity index (χ3n) is 4.00. The summed E-state index contributed by atoms with van der Waals surface area (Å²) in [5.74, 6) is 2.20. The molecule has 1 aliphatic rings. The fraction of sp³-hybridized carbons (Fsp3) is 0.333. The molecular formula is C18H22N2O2. The molecule has 0 aromatic heterocycles. The van der Waals surface area contributed by atoms with Gasteiger partial charge in [-0.2, -0.15) is 0 Å². The fourth-order valence-corrected chi connectivity index (χ4v) is 2.89. The van der Waals surface area contributed by atoms with Crippen molar-refractivity contribution in [2.45, 2.75) is 25.4 Å². The molecule has 2 aromatic rings. The van der Waals surface area contributed by atoms with Gasteiger partial charge in [0.15, 0.2) is 0 Å². The van der Waals surface area contributed by atoms with Crippen LogP contribution in [0.3, 0.4) is 0 Å². The second-order valence-corrected chi connectivity index (χ2v) is 5.87. The zero-order chi connectivity index (χ0) is 15.4. The third-order valence-corrected chi connectivity index (χ3v) is 4.00. The van der Waals surface area contributed by atoms with Gasteiger partial charge in [-0.3, -0.25) is 0 Å². The number of benzene rings is 2. The molecule has 2 atom stereocenters. The minimum absolute atomic E-state index is 0.247. The summed E-state index contributed by atoms with van der Waals surface area (Å²) in [5.41, 5.74) is 13.0. The summed E-state index contributed by atoms with van der Waals surface area (Å²) < 4.78 is 11.8. The molecule has 0 unspecified atom stereocenters. The standard InChI is InChI=1S/C18H22N2O2/c19-14-3-1-5-16(10-14)21-12-13-7-8-18(9-13)22-17-6-2-4-15(20)11-17/h1-6,10-11,13,18H,7-9,12,19-20H2/t13-,18-/m0/s1. The van der Waals surface area contributed by atoms with Gasteiger partial charge in [-0.1, -0.05) is 12.1 Å². The van der Waals surface area contributed by atoms with Gasteiger partial charge in [0.2, 0.25) is 0 Å². The first-order valence-corrected chi connectivity index (χ1v) is 7.69. The molecule has 0 heterocycles. The Morgan fingerprint density at radius 3 is 2.32 bits per heavy atom. The van der Waals surface area contributed by atoms with Crippen molar-refractivity contribution in [3.8, 4) is 11.5 Å². The number of anilines is 2. The average Bonchev–Trinajstić information content (AvgIpc) is 2.93. The van der Waals surface area contributed by atoms with E-state index in [1.165, 1.54) is 0 Å². The van der Waals surface area contributed by atoms with Gasteiger partial charge in [-0.05, 0) is 49.4 Å². The van der Waals surface area contributed by atoms with Crippen molar-refractivity contribution in [2.75, 3.05) is 18.1 Å². The molecule has 0 radical (unpaired) electrons. The lowest BCUT2D eigenvalue weighted by atomic mass is 10.1. The van der Waals surface area contributed by atoms with E-state index in [1.807, 2.05) is 48.5 Å².